The lowest BCUT2D eigenvalue weighted by Gasteiger charge is -2.22. The van der Waals surface area contributed by atoms with Gasteiger partial charge in [-0.3, -0.25) is 4.57 Å². The number of epoxide rings is 1. The number of fused-ring (bicyclic) bond motifs is 6. The van der Waals surface area contributed by atoms with Crippen LogP contribution in [0.1, 0.15) is 25.5 Å². The van der Waals surface area contributed by atoms with E-state index < -0.39 is 30.3 Å². The zero-order chi connectivity index (χ0) is 18.3. The first-order valence-corrected chi connectivity index (χ1v) is 9.35. The van der Waals surface area contributed by atoms with Crippen molar-refractivity contribution in [3.05, 3.63) is 12.7 Å². The summed E-state index contributed by atoms with van der Waals surface area (Å²) in [7, 11) is 0. The van der Waals surface area contributed by atoms with Gasteiger partial charge in [-0.1, -0.05) is 0 Å². The van der Waals surface area contributed by atoms with Crippen molar-refractivity contribution in [1.29, 1.82) is 0 Å². The quantitative estimate of drug-likeness (QED) is 0.607. The predicted molar refractivity (Wildman–Crippen MR) is 90.0 cm³/mol. The highest BCUT2D eigenvalue weighted by Gasteiger charge is 2.73. The minimum absolute atomic E-state index is 0.165. The van der Waals surface area contributed by atoms with E-state index in [0.29, 0.717) is 23.0 Å². The fraction of sp³-hybridized carbons (Fsp3) is 0.706. The highest BCUT2D eigenvalue weighted by molar-refractivity contribution is 5.81. The van der Waals surface area contributed by atoms with Crippen LogP contribution in [0, 0.1) is 11.8 Å². The van der Waals surface area contributed by atoms with Crippen LogP contribution in [0.2, 0.25) is 0 Å². The summed E-state index contributed by atoms with van der Waals surface area (Å²) >= 11 is 0. The van der Waals surface area contributed by atoms with Crippen LogP contribution in [-0.2, 0) is 14.2 Å². The van der Waals surface area contributed by atoms with Crippen molar-refractivity contribution in [1.82, 2.24) is 19.5 Å². The van der Waals surface area contributed by atoms with E-state index in [1.54, 1.807) is 4.57 Å². The minimum atomic E-state index is -1.14. The molecular weight excluding hydrogens is 354 g/mol. The molecule has 2 aliphatic heterocycles. The van der Waals surface area contributed by atoms with Gasteiger partial charge in [0.05, 0.1) is 12.9 Å². The molecule has 10 heteroatoms. The molecule has 0 amide bonds. The van der Waals surface area contributed by atoms with Gasteiger partial charge in [-0.15, -0.1) is 0 Å². The molecule has 0 spiro atoms. The van der Waals surface area contributed by atoms with Gasteiger partial charge in [0.1, 0.15) is 36.3 Å². The van der Waals surface area contributed by atoms with E-state index >= 15 is 0 Å². The third-order valence-electron chi connectivity index (χ3n) is 6.59. The first kappa shape index (κ1) is 16.1. The fourth-order valence-electron chi connectivity index (χ4n) is 5.17. The molecule has 144 valence electrons. The van der Waals surface area contributed by atoms with Gasteiger partial charge >= 0.3 is 0 Å². The van der Waals surface area contributed by atoms with Gasteiger partial charge in [-0.05, 0) is 25.2 Å². The van der Waals surface area contributed by atoms with Crippen LogP contribution in [0.15, 0.2) is 12.7 Å². The fourth-order valence-corrected chi connectivity index (χ4v) is 5.17. The average Bonchev–Trinajstić information content (AvgIpc) is 3.03. The third-order valence-corrected chi connectivity index (χ3v) is 6.59. The SMILES string of the molecule is Nc1ncnc2c1ncn2[C@@H]1O[C@H](COC23OC2C2CCC3C2)[C@@H](O)[C@H]1O. The maximum Gasteiger partial charge on any atom is 0.198 e. The molecule has 2 saturated heterocycles. The number of rotatable bonds is 4. The number of aromatic nitrogens is 4. The molecule has 4 fully saturated rings. The van der Waals surface area contributed by atoms with E-state index in [1.807, 2.05) is 0 Å². The molecule has 27 heavy (non-hydrogen) atoms. The van der Waals surface area contributed by atoms with Gasteiger partial charge in [0.15, 0.2) is 23.5 Å². The Morgan fingerprint density at radius 3 is 2.96 bits per heavy atom. The van der Waals surface area contributed by atoms with E-state index in [1.165, 1.54) is 19.1 Å². The standard InChI is InChI=1S/C17H21N5O5/c18-14-10-15(20-5-19-14)22(6-21-10)16-12(24)11(23)9(26-16)4-25-17-8-2-1-7(3-8)13(17)27-17/h5-9,11-13,16,23-24H,1-4H2,(H2,18,19,20)/t7?,8?,9-,11-,12-,13?,16-,17?/m1/s1. The van der Waals surface area contributed by atoms with E-state index in [4.69, 9.17) is 19.9 Å². The molecule has 4 unspecified atom stereocenters. The Hall–Kier alpha value is -1.85. The van der Waals surface area contributed by atoms with Crippen molar-refractivity contribution in [2.24, 2.45) is 11.8 Å². The van der Waals surface area contributed by atoms with Crippen molar-refractivity contribution < 1.29 is 24.4 Å². The first-order valence-electron chi connectivity index (χ1n) is 9.35. The summed E-state index contributed by atoms with van der Waals surface area (Å²) in [4.78, 5) is 12.3. The van der Waals surface area contributed by atoms with Crippen LogP contribution < -0.4 is 5.73 Å². The molecule has 2 bridgehead atoms. The number of hydrogen-bond donors (Lipinski definition) is 3. The molecule has 2 aromatic rings. The third kappa shape index (κ3) is 2.10. The van der Waals surface area contributed by atoms with Gasteiger partial charge in [-0.2, -0.15) is 0 Å². The second-order valence-corrected chi connectivity index (χ2v) is 7.97. The smallest absolute Gasteiger partial charge is 0.198 e. The molecular formula is C17H21N5O5. The lowest BCUT2D eigenvalue weighted by atomic mass is 9.97. The van der Waals surface area contributed by atoms with Crippen LogP contribution in [-0.4, -0.2) is 66.5 Å². The Balaban J connectivity index is 1.20. The van der Waals surface area contributed by atoms with Crippen LogP contribution in [0.4, 0.5) is 5.82 Å². The van der Waals surface area contributed by atoms with Crippen molar-refractivity contribution in [3.8, 4) is 0 Å². The van der Waals surface area contributed by atoms with E-state index in [2.05, 4.69) is 15.0 Å². The number of aliphatic hydroxyl groups is 2. The molecule has 6 rings (SSSR count). The monoisotopic (exact) mass is 375 g/mol. The van der Waals surface area contributed by atoms with E-state index in [-0.39, 0.29) is 18.5 Å². The average molecular weight is 375 g/mol. The molecule has 4 N–H and O–H groups in total. The first-order chi connectivity index (χ1) is 13.1. The summed E-state index contributed by atoms with van der Waals surface area (Å²) in [6.07, 6.45) is 2.77. The van der Waals surface area contributed by atoms with Gasteiger partial charge in [-0.25, -0.2) is 15.0 Å². The molecule has 2 aliphatic carbocycles. The van der Waals surface area contributed by atoms with Gasteiger partial charge in [0.2, 0.25) is 0 Å². The molecule has 2 aromatic heterocycles. The summed E-state index contributed by atoms with van der Waals surface area (Å²) in [6.45, 7) is 0.165. The van der Waals surface area contributed by atoms with E-state index in [0.717, 1.165) is 12.8 Å². The number of imidazole rings is 1. The normalized spacial score (nSPS) is 44.9. The van der Waals surface area contributed by atoms with Crippen LogP contribution in [0.3, 0.4) is 0 Å². The van der Waals surface area contributed by atoms with Crippen LogP contribution in [0.25, 0.3) is 11.2 Å². The Kier molecular flexibility index (Phi) is 3.20. The number of hydrogen-bond acceptors (Lipinski definition) is 9. The second-order valence-electron chi connectivity index (χ2n) is 7.97. The number of anilines is 1. The molecule has 8 atom stereocenters. The van der Waals surface area contributed by atoms with E-state index in [9.17, 15) is 10.2 Å². The van der Waals surface area contributed by atoms with Crippen molar-refractivity contribution in [2.75, 3.05) is 12.3 Å². The summed E-state index contributed by atoms with van der Waals surface area (Å²) in [5.41, 5.74) is 6.68. The predicted octanol–water partition coefficient (Wildman–Crippen LogP) is -0.431. The molecule has 10 nitrogen and oxygen atoms in total. The highest BCUT2D eigenvalue weighted by Crippen LogP contribution is 2.64. The van der Waals surface area contributed by atoms with Crippen molar-refractivity contribution in [3.63, 3.8) is 0 Å². The number of ether oxygens (including phenoxy) is 3. The summed E-state index contributed by atoms with van der Waals surface area (Å²) in [6, 6.07) is 0. The number of nitrogen functional groups attached to an aromatic ring is 1. The molecule has 4 aliphatic rings. The zero-order valence-corrected chi connectivity index (χ0v) is 14.5. The van der Waals surface area contributed by atoms with Crippen LogP contribution in [0.5, 0.6) is 0 Å². The second kappa shape index (κ2) is 5.36. The lowest BCUT2D eigenvalue weighted by molar-refractivity contribution is -0.132. The minimum Gasteiger partial charge on any atom is -0.387 e. The topological polar surface area (TPSA) is 141 Å². The summed E-state index contributed by atoms with van der Waals surface area (Å²) < 4.78 is 19.4. The molecule has 4 heterocycles. The Labute approximate surface area is 154 Å². The largest absolute Gasteiger partial charge is 0.387 e. The molecule has 0 radical (unpaired) electrons. The number of aliphatic hydroxyl groups excluding tert-OH is 2. The lowest BCUT2D eigenvalue weighted by Crippen LogP contribution is -2.37. The zero-order valence-electron chi connectivity index (χ0n) is 14.5. The maximum atomic E-state index is 10.5. The van der Waals surface area contributed by atoms with Crippen molar-refractivity contribution in [2.45, 2.75) is 55.7 Å². The summed E-state index contributed by atoms with van der Waals surface area (Å²) in [5.74, 6) is 0.798. The molecule has 0 aromatic carbocycles. The molecule has 2 saturated carbocycles. The van der Waals surface area contributed by atoms with Crippen LogP contribution >= 0.6 is 0 Å². The number of nitrogens with two attached hydrogens (primary N) is 1. The summed E-state index contributed by atoms with van der Waals surface area (Å²) in [5, 5.41) is 21.0. The maximum absolute atomic E-state index is 10.5. The van der Waals surface area contributed by atoms with Crippen molar-refractivity contribution >= 4 is 17.0 Å². The Bertz CT molecular complexity index is 907. The van der Waals surface area contributed by atoms with Gasteiger partial charge in [0, 0.05) is 5.92 Å². The van der Waals surface area contributed by atoms with Gasteiger partial charge < -0.3 is 30.2 Å². The Morgan fingerprint density at radius 2 is 2.15 bits per heavy atom. The Morgan fingerprint density at radius 1 is 1.26 bits per heavy atom. The van der Waals surface area contributed by atoms with Gasteiger partial charge in [0.25, 0.3) is 0 Å². The number of nitrogens with zero attached hydrogens (tertiary/aromatic N) is 4. The highest BCUT2D eigenvalue weighted by atomic mass is 16.8.